The minimum Gasteiger partial charge on any atom is -0.497 e. The van der Waals surface area contributed by atoms with E-state index in [0.717, 1.165) is 0 Å². The topological polar surface area (TPSA) is 68.9 Å². The van der Waals surface area contributed by atoms with Gasteiger partial charge in [0.05, 0.1) is 18.3 Å². The quantitative estimate of drug-likeness (QED) is 0.794. The minimum atomic E-state index is -3.69. The van der Waals surface area contributed by atoms with Crippen LogP contribution in [0.2, 0.25) is 0 Å². The molecule has 0 unspecified atom stereocenters. The standard InChI is InChI=1S/C14H13NO4S/c1-18-12-6-8-14(9-7-12)20(16,17)15-10-2-4-13-5-3-11-19-13/h2-11H,1H3/b4-2+,15-10?. The van der Waals surface area contributed by atoms with Gasteiger partial charge in [0.25, 0.3) is 10.0 Å². The molecule has 6 heteroatoms. The third-order valence-corrected chi connectivity index (χ3v) is 3.71. The Bertz CT molecular complexity index is 698. The Balaban J connectivity index is 2.10. The van der Waals surface area contributed by atoms with Crippen molar-refractivity contribution in [3.8, 4) is 5.75 Å². The number of methoxy groups -OCH3 is 1. The molecule has 20 heavy (non-hydrogen) atoms. The summed E-state index contributed by atoms with van der Waals surface area (Å²) < 4.78 is 37.4. The van der Waals surface area contributed by atoms with Crippen LogP contribution in [0.1, 0.15) is 5.76 Å². The van der Waals surface area contributed by atoms with Crippen LogP contribution in [0.15, 0.2) is 62.4 Å². The molecule has 1 heterocycles. The molecule has 1 aromatic carbocycles. The van der Waals surface area contributed by atoms with Gasteiger partial charge >= 0.3 is 0 Å². The number of hydrogen-bond donors (Lipinski definition) is 0. The van der Waals surface area contributed by atoms with Gasteiger partial charge in [-0.3, -0.25) is 0 Å². The lowest BCUT2D eigenvalue weighted by molar-refractivity contribution is 0.414. The second kappa shape index (κ2) is 6.21. The zero-order valence-electron chi connectivity index (χ0n) is 10.8. The monoisotopic (exact) mass is 291 g/mol. The summed E-state index contributed by atoms with van der Waals surface area (Å²) in [5, 5.41) is 0. The Morgan fingerprint density at radius 3 is 2.55 bits per heavy atom. The van der Waals surface area contributed by atoms with Crippen LogP contribution in [0, 0.1) is 0 Å². The molecule has 2 rings (SSSR count). The fourth-order valence-corrected chi connectivity index (χ4v) is 2.28. The molecule has 0 aliphatic carbocycles. The van der Waals surface area contributed by atoms with E-state index in [2.05, 4.69) is 4.40 Å². The molecule has 104 valence electrons. The highest BCUT2D eigenvalue weighted by atomic mass is 32.2. The maximum absolute atomic E-state index is 11.9. The molecule has 5 nitrogen and oxygen atoms in total. The van der Waals surface area contributed by atoms with Crippen molar-refractivity contribution in [3.63, 3.8) is 0 Å². The number of rotatable bonds is 5. The summed E-state index contributed by atoms with van der Waals surface area (Å²) in [6.45, 7) is 0. The van der Waals surface area contributed by atoms with E-state index in [9.17, 15) is 8.42 Å². The molecule has 0 aliphatic rings. The zero-order valence-corrected chi connectivity index (χ0v) is 11.6. The molecule has 0 atom stereocenters. The first kappa shape index (κ1) is 14.1. The van der Waals surface area contributed by atoms with Gasteiger partial charge in [-0.15, -0.1) is 0 Å². The third-order valence-electron chi connectivity index (χ3n) is 2.45. The largest absolute Gasteiger partial charge is 0.497 e. The second-order valence-corrected chi connectivity index (χ2v) is 5.41. The van der Waals surface area contributed by atoms with E-state index in [-0.39, 0.29) is 4.90 Å². The molecule has 0 aliphatic heterocycles. The van der Waals surface area contributed by atoms with Crippen LogP contribution >= 0.6 is 0 Å². The van der Waals surface area contributed by atoms with Crippen molar-refractivity contribution < 1.29 is 17.6 Å². The summed E-state index contributed by atoms with van der Waals surface area (Å²) in [7, 11) is -2.18. The highest BCUT2D eigenvalue weighted by molar-refractivity contribution is 7.90. The predicted molar refractivity (Wildman–Crippen MR) is 76.4 cm³/mol. The van der Waals surface area contributed by atoms with Crippen molar-refractivity contribution in [1.82, 2.24) is 0 Å². The summed E-state index contributed by atoms with van der Waals surface area (Å²) >= 11 is 0. The Labute approximate surface area is 117 Å². The Kier molecular flexibility index (Phi) is 4.37. The third kappa shape index (κ3) is 3.58. The van der Waals surface area contributed by atoms with Gasteiger partial charge in [0.1, 0.15) is 11.5 Å². The number of hydrogen-bond acceptors (Lipinski definition) is 4. The SMILES string of the molecule is COc1ccc(S(=O)(=O)N=C/C=C/c2ccco2)cc1. The molecule has 0 spiro atoms. The normalized spacial score (nSPS) is 12.2. The summed E-state index contributed by atoms with van der Waals surface area (Å²) in [6, 6.07) is 9.53. The van der Waals surface area contributed by atoms with Crippen LogP contribution in [0.3, 0.4) is 0 Å². The summed E-state index contributed by atoms with van der Waals surface area (Å²) in [5.74, 6) is 1.21. The minimum absolute atomic E-state index is 0.112. The molecule has 2 aromatic rings. The van der Waals surface area contributed by atoms with Crippen molar-refractivity contribution in [2.75, 3.05) is 7.11 Å². The summed E-state index contributed by atoms with van der Waals surface area (Å²) in [4.78, 5) is 0.112. The first-order valence-electron chi connectivity index (χ1n) is 5.76. The van der Waals surface area contributed by atoms with Gasteiger partial charge in [-0.25, -0.2) is 0 Å². The average Bonchev–Trinajstić information content (AvgIpc) is 2.97. The van der Waals surface area contributed by atoms with Gasteiger partial charge in [0.2, 0.25) is 0 Å². The van der Waals surface area contributed by atoms with Crippen molar-refractivity contribution in [2.45, 2.75) is 4.90 Å². The van der Waals surface area contributed by atoms with Gasteiger partial charge in [-0.2, -0.15) is 12.8 Å². The smallest absolute Gasteiger partial charge is 0.282 e. The van der Waals surface area contributed by atoms with Crippen molar-refractivity contribution >= 4 is 22.3 Å². The molecule has 1 aromatic heterocycles. The lowest BCUT2D eigenvalue weighted by Gasteiger charge is -2.00. The van der Waals surface area contributed by atoms with E-state index < -0.39 is 10.0 Å². The number of furan rings is 1. The molecular formula is C14H13NO4S. The molecule has 0 N–H and O–H groups in total. The van der Waals surface area contributed by atoms with Gasteiger partial charge < -0.3 is 9.15 Å². The zero-order chi connectivity index (χ0) is 14.4. The highest BCUT2D eigenvalue weighted by Crippen LogP contribution is 2.17. The second-order valence-electron chi connectivity index (χ2n) is 3.78. The predicted octanol–water partition coefficient (Wildman–Crippen LogP) is 2.76. The van der Waals surface area contributed by atoms with Crippen LogP contribution in [0.5, 0.6) is 5.75 Å². The van der Waals surface area contributed by atoms with Crippen LogP contribution in [-0.2, 0) is 10.0 Å². The molecule has 0 bridgehead atoms. The lowest BCUT2D eigenvalue weighted by Crippen LogP contribution is -1.96. The Hall–Kier alpha value is -2.34. The number of nitrogens with zero attached hydrogens (tertiary/aromatic N) is 1. The van der Waals surface area contributed by atoms with E-state index in [1.807, 2.05) is 0 Å². The highest BCUT2D eigenvalue weighted by Gasteiger charge is 2.10. The van der Waals surface area contributed by atoms with E-state index in [4.69, 9.17) is 9.15 Å². The molecule has 0 fully saturated rings. The van der Waals surface area contributed by atoms with Crippen molar-refractivity contribution in [3.05, 3.63) is 54.5 Å². The number of ether oxygens (including phenoxy) is 1. The number of sulfonamides is 1. The first-order chi connectivity index (χ1) is 9.62. The van der Waals surface area contributed by atoms with E-state index in [1.165, 1.54) is 37.8 Å². The fraction of sp³-hybridized carbons (Fsp3) is 0.0714. The van der Waals surface area contributed by atoms with Crippen LogP contribution < -0.4 is 4.74 Å². The maximum atomic E-state index is 11.9. The van der Waals surface area contributed by atoms with Crippen molar-refractivity contribution in [2.24, 2.45) is 4.40 Å². The van der Waals surface area contributed by atoms with E-state index in [0.29, 0.717) is 11.5 Å². The molecule has 0 saturated carbocycles. The number of allylic oxidation sites excluding steroid dienone is 1. The van der Waals surface area contributed by atoms with Crippen molar-refractivity contribution in [1.29, 1.82) is 0 Å². The molecule has 0 radical (unpaired) electrons. The number of benzene rings is 1. The van der Waals surface area contributed by atoms with Gasteiger partial charge in [-0.1, -0.05) is 0 Å². The Morgan fingerprint density at radius 2 is 1.95 bits per heavy atom. The summed E-state index contributed by atoms with van der Waals surface area (Å²) in [5.41, 5.74) is 0. The lowest BCUT2D eigenvalue weighted by atomic mass is 10.3. The maximum Gasteiger partial charge on any atom is 0.282 e. The first-order valence-corrected chi connectivity index (χ1v) is 7.20. The summed E-state index contributed by atoms with van der Waals surface area (Å²) in [6.07, 6.45) is 5.86. The van der Waals surface area contributed by atoms with E-state index >= 15 is 0 Å². The van der Waals surface area contributed by atoms with Crippen LogP contribution in [0.4, 0.5) is 0 Å². The average molecular weight is 291 g/mol. The van der Waals surface area contributed by atoms with Gasteiger partial charge in [-0.05, 0) is 48.6 Å². The fourth-order valence-electron chi connectivity index (χ4n) is 1.45. The Morgan fingerprint density at radius 1 is 1.20 bits per heavy atom. The molecule has 0 saturated heterocycles. The molecule has 0 amide bonds. The van der Waals surface area contributed by atoms with E-state index in [1.54, 1.807) is 30.3 Å². The molecular weight excluding hydrogens is 278 g/mol. The van der Waals surface area contributed by atoms with Gasteiger partial charge in [0, 0.05) is 6.21 Å². The van der Waals surface area contributed by atoms with Crippen LogP contribution in [0.25, 0.3) is 6.08 Å². The van der Waals surface area contributed by atoms with Crippen LogP contribution in [-0.4, -0.2) is 21.7 Å². The van der Waals surface area contributed by atoms with Gasteiger partial charge in [0.15, 0.2) is 0 Å².